The molecule has 2 saturated heterocycles. The molecule has 4 heterocycles. The molecule has 0 bridgehead atoms. The van der Waals surface area contributed by atoms with E-state index in [-0.39, 0.29) is 12.0 Å². The van der Waals surface area contributed by atoms with Gasteiger partial charge < -0.3 is 19.7 Å². The molecule has 1 aliphatic carbocycles. The lowest BCUT2D eigenvalue weighted by atomic mass is 10.0. The van der Waals surface area contributed by atoms with Gasteiger partial charge in [0.05, 0.1) is 31.1 Å². The number of hydrogen-bond acceptors (Lipinski definition) is 8. The van der Waals surface area contributed by atoms with Gasteiger partial charge in [-0.1, -0.05) is 12.8 Å². The molecule has 2 N–H and O–H groups in total. The fourth-order valence-electron chi connectivity index (χ4n) is 6.29. The highest BCUT2D eigenvalue weighted by molar-refractivity contribution is 5.89. The van der Waals surface area contributed by atoms with Crippen LogP contribution in [0.4, 0.5) is 5.69 Å². The largest absolute Gasteiger partial charge is 0.490 e. The fourth-order valence-corrected chi connectivity index (χ4v) is 6.29. The number of aliphatic imine (C=N–C) groups is 2. The van der Waals surface area contributed by atoms with Gasteiger partial charge in [-0.15, -0.1) is 0 Å². The summed E-state index contributed by atoms with van der Waals surface area (Å²) < 4.78 is 11.8. The van der Waals surface area contributed by atoms with E-state index in [9.17, 15) is 4.79 Å². The molecule has 220 valence electrons. The standard InChI is InChI=1S/C31H43N7O3/c1-23-18-26(6-7-29(23)41-27-8-11-37(12-9-27)31(39)24-4-2-3-5-24)35-38-22-32-20-25-19-30(34-21-28(25)38)33-10-13-36-14-16-40-17-15-36/h6-7,18,20-22,24,27,35H,2-5,8-17,19H2,1H3,(H,33,34). The summed E-state index contributed by atoms with van der Waals surface area (Å²) >= 11 is 0. The summed E-state index contributed by atoms with van der Waals surface area (Å²) in [5.41, 5.74) is 7.67. The lowest BCUT2D eigenvalue weighted by molar-refractivity contribution is -0.137. The third-order valence-corrected chi connectivity index (χ3v) is 8.73. The van der Waals surface area contributed by atoms with E-state index >= 15 is 0 Å². The van der Waals surface area contributed by atoms with Gasteiger partial charge in [-0.2, -0.15) is 0 Å². The Hall–Kier alpha value is -3.37. The molecule has 0 spiro atoms. The molecule has 0 radical (unpaired) electrons. The molecule has 10 heteroatoms. The highest BCUT2D eigenvalue weighted by atomic mass is 16.5. The minimum absolute atomic E-state index is 0.144. The third-order valence-electron chi connectivity index (χ3n) is 8.73. The van der Waals surface area contributed by atoms with E-state index in [1.165, 1.54) is 12.8 Å². The number of fused-ring (bicyclic) bond motifs is 1. The number of benzene rings is 1. The van der Waals surface area contributed by atoms with Crippen LogP contribution in [0, 0.1) is 12.8 Å². The first-order valence-corrected chi connectivity index (χ1v) is 15.3. The molecule has 10 nitrogen and oxygen atoms in total. The number of ether oxygens (including phenoxy) is 2. The number of nitrogens with one attached hydrogen (secondary N) is 2. The SMILES string of the molecule is Cc1cc(NN2C=NC=C3CC(=NCCN4CCOCC4)NC=C32)ccc1OC1CCN(C(=O)C2CCCC2)CC1. The van der Waals surface area contributed by atoms with E-state index in [1.807, 2.05) is 29.5 Å². The number of nitrogens with zero attached hydrogens (tertiary/aromatic N) is 5. The van der Waals surface area contributed by atoms with Crippen LogP contribution in [-0.4, -0.2) is 91.5 Å². The number of hydrazine groups is 1. The number of likely N-dealkylation sites (tertiary alicyclic amines) is 1. The normalized spacial score (nSPS) is 23.2. The summed E-state index contributed by atoms with van der Waals surface area (Å²) in [4.78, 5) is 26.5. The second-order valence-electron chi connectivity index (χ2n) is 11.6. The van der Waals surface area contributed by atoms with Gasteiger partial charge in [-0.25, -0.2) is 10.0 Å². The minimum atomic E-state index is 0.144. The monoisotopic (exact) mass is 561 g/mol. The van der Waals surface area contributed by atoms with E-state index in [2.05, 4.69) is 38.5 Å². The molecule has 41 heavy (non-hydrogen) atoms. The molecular weight excluding hydrogens is 518 g/mol. The van der Waals surface area contributed by atoms with Crippen LogP contribution in [0.2, 0.25) is 0 Å². The van der Waals surface area contributed by atoms with Crippen molar-refractivity contribution in [2.24, 2.45) is 15.9 Å². The van der Waals surface area contributed by atoms with Gasteiger partial charge in [0.25, 0.3) is 0 Å². The summed E-state index contributed by atoms with van der Waals surface area (Å²) in [5.74, 6) is 2.49. The maximum absolute atomic E-state index is 12.8. The van der Waals surface area contributed by atoms with Crippen molar-refractivity contribution in [3.05, 3.63) is 47.4 Å². The highest BCUT2D eigenvalue weighted by Crippen LogP contribution is 2.30. The number of rotatable bonds is 8. The smallest absolute Gasteiger partial charge is 0.225 e. The Bertz CT molecular complexity index is 1210. The summed E-state index contributed by atoms with van der Waals surface area (Å²) in [6.45, 7) is 8.99. The first-order valence-electron chi connectivity index (χ1n) is 15.3. The van der Waals surface area contributed by atoms with Crippen molar-refractivity contribution < 1.29 is 14.3 Å². The third kappa shape index (κ3) is 6.93. The molecule has 4 aliphatic heterocycles. The quantitative estimate of drug-likeness (QED) is 0.500. The maximum atomic E-state index is 12.8. The van der Waals surface area contributed by atoms with Crippen LogP contribution in [0.5, 0.6) is 5.75 Å². The average molecular weight is 562 g/mol. The van der Waals surface area contributed by atoms with Crippen LogP contribution in [0.25, 0.3) is 0 Å². The molecule has 1 aromatic carbocycles. The predicted octanol–water partition coefficient (Wildman–Crippen LogP) is 3.68. The van der Waals surface area contributed by atoms with Gasteiger partial charge in [0.2, 0.25) is 5.91 Å². The Labute approximate surface area is 243 Å². The molecule has 1 saturated carbocycles. The van der Waals surface area contributed by atoms with E-state index in [0.717, 1.165) is 119 Å². The summed E-state index contributed by atoms with van der Waals surface area (Å²) in [6.07, 6.45) is 12.9. The zero-order valence-electron chi connectivity index (χ0n) is 24.2. The van der Waals surface area contributed by atoms with Crippen LogP contribution in [0.1, 0.15) is 50.5 Å². The van der Waals surface area contributed by atoms with E-state index in [1.54, 1.807) is 6.34 Å². The second kappa shape index (κ2) is 13.1. The van der Waals surface area contributed by atoms with Crippen molar-refractivity contribution in [2.75, 3.05) is 57.9 Å². The van der Waals surface area contributed by atoms with E-state index < -0.39 is 0 Å². The number of piperidine rings is 1. The van der Waals surface area contributed by atoms with Crippen molar-refractivity contribution in [1.29, 1.82) is 0 Å². The summed E-state index contributed by atoms with van der Waals surface area (Å²) in [5, 5.41) is 5.32. The number of morpholine rings is 1. The van der Waals surface area contributed by atoms with Gasteiger partial charge in [-0.05, 0) is 43.5 Å². The predicted molar refractivity (Wildman–Crippen MR) is 161 cm³/mol. The van der Waals surface area contributed by atoms with Gasteiger partial charge in [-0.3, -0.25) is 20.1 Å². The van der Waals surface area contributed by atoms with E-state index in [4.69, 9.17) is 14.5 Å². The van der Waals surface area contributed by atoms with Crippen molar-refractivity contribution >= 4 is 23.8 Å². The molecule has 6 rings (SSSR count). The van der Waals surface area contributed by atoms with Crippen LogP contribution >= 0.6 is 0 Å². The summed E-state index contributed by atoms with van der Waals surface area (Å²) in [7, 11) is 0. The van der Waals surface area contributed by atoms with Crippen LogP contribution in [0.3, 0.4) is 0 Å². The van der Waals surface area contributed by atoms with Gasteiger partial charge >= 0.3 is 0 Å². The number of hydrogen-bond donors (Lipinski definition) is 2. The van der Waals surface area contributed by atoms with Crippen LogP contribution in [-0.2, 0) is 9.53 Å². The number of amides is 1. The van der Waals surface area contributed by atoms with Gasteiger partial charge in [0.1, 0.15) is 24.0 Å². The second-order valence-corrected chi connectivity index (χ2v) is 11.6. The Morgan fingerprint density at radius 2 is 1.95 bits per heavy atom. The zero-order valence-corrected chi connectivity index (χ0v) is 24.2. The van der Waals surface area contributed by atoms with Gasteiger partial charge in [0.15, 0.2) is 0 Å². The number of amidine groups is 1. The van der Waals surface area contributed by atoms with Crippen molar-refractivity contribution in [1.82, 2.24) is 20.1 Å². The number of anilines is 1. The molecular formula is C31H43N7O3. The highest BCUT2D eigenvalue weighted by Gasteiger charge is 2.30. The molecule has 1 amide bonds. The Kier molecular flexibility index (Phi) is 8.86. The van der Waals surface area contributed by atoms with Crippen molar-refractivity contribution in [3.8, 4) is 5.75 Å². The molecule has 0 unspecified atom stereocenters. The molecule has 0 aromatic heterocycles. The van der Waals surface area contributed by atoms with Gasteiger partial charge in [0, 0.05) is 75.9 Å². The maximum Gasteiger partial charge on any atom is 0.225 e. The molecule has 3 fully saturated rings. The minimum Gasteiger partial charge on any atom is -0.490 e. The van der Waals surface area contributed by atoms with Crippen molar-refractivity contribution in [3.63, 3.8) is 0 Å². The Morgan fingerprint density at radius 3 is 2.73 bits per heavy atom. The average Bonchev–Trinajstić information content (AvgIpc) is 3.55. The first kappa shape index (κ1) is 27.8. The number of allylic oxidation sites excluding steroid dienone is 1. The number of carbonyl (C=O) groups is 1. The van der Waals surface area contributed by atoms with E-state index in [0.29, 0.717) is 5.91 Å². The Balaban J connectivity index is 0.997. The Morgan fingerprint density at radius 1 is 1.15 bits per heavy atom. The fraction of sp³-hybridized carbons (Fsp3) is 0.581. The summed E-state index contributed by atoms with van der Waals surface area (Å²) in [6, 6.07) is 6.19. The molecule has 5 aliphatic rings. The number of carbonyl (C=O) groups excluding carboxylic acids is 1. The van der Waals surface area contributed by atoms with Crippen molar-refractivity contribution in [2.45, 2.75) is 58.0 Å². The first-order chi connectivity index (χ1) is 20.1. The molecule has 1 aromatic rings. The molecule has 0 atom stereocenters. The lowest BCUT2D eigenvalue weighted by Gasteiger charge is -2.34. The zero-order chi connectivity index (χ0) is 28.0. The van der Waals surface area contributed by atoms with Crippen LogP contribution < -0.4 is 15.5 Å². The lowest BCUT2D eigenvalue weighted by Crippen LogP contribution is -2.44. The topological polar surface area (TPSA) is 94.0 Å². The van der Waals surface area contributed by atoms with Crippen LogP contribution in [0.15, 0.2) is 51.9 Å². The number of aryl methyl sites for hydroxylation is 1.